The van der Waals surface area contributed by atoms with Crippen molar-refractivity contribution in [1.82, 2.24) is 15.0 Å². The number of nitrogens with zero attached hydrogens (tertiary/aromatic N) is 3. The quantitative estimate of drug-likeness (QED) is 0.697. The Balaban J connectivity index is 1.63. The van der Waals surface area contributed by atoms with Crippen LogP contribution < -0.4 is 10.5 Å². The van der Waals surface area contributed by atoms with E-state index in [1.54, 1.807) is 6.07 Å². The van der Waals surface area contributed by atoms with Crippen molar-refractivity contribution in [3.63, 3.8) is 0 Å². The van der Waals surface area contributed by atoms with Crippen molar-refractivity contribution in [2.75, 3.05) is 24.2 Å². The van der Waals surface area contributed by atoms with Crippen molar-refractivity contribution in [3.05, 3.63) is 28.8 Å². The SMILES string of the molecule is O=c1ccc2c(N3CCC(CCCP(=O)(O)O)CC3)ncnc2[nH]1. The summed E-state index contributed by atoms with van der Waals surface area (Å²) in [6.07, 6.45) is 4.77. The number of hydrogen-bond acceptors (Lipinski definition) is 5. The normalized spacial score (nSPS) is 16.7. The van der Waals surface area contributed by atoms with Gasteiger partial charge in [0.15, 0.2) is 0 Å². The third-order valence-corrected chi connectivity index (χ3v) is 5.38. The Labute approximate surface area is 139 Å². The second-order valence-electron chi connectivity index (χ2n) is 6.24. The zero-order valence-electron chi connectivity index (χ0n) is 13.3. The van der Waals surface area contributed by atoms with Crippen LogP contribution in [-0.2, 0) is 4.57 Å². The number of H-pyrrole nitrogens is 1. The van der Waals surface area contributed by atoms with Crippen LogP contribution in [0.5, 0.6) is 0 Å². The molecule has 1 saturated heterocycles. The van der Waals surface area contributed by atoms with Gasteiger partial charge in [-0.25, -0.2) is 9.97 Å². The van der Waals surface area contributed by atoms with Gasteiger partial charge in [0, 0.05) is 25.3 Å². The van der Waals surface area contributed by atoms with E-state index in [1.165, 1.54) is 12.4 Å². The topological polar surface area (TPSA) is 119 Å². The van der Waals surface area contributed by atoms with Crippen LogP contribution in [0.4, 0.5) is 5.82 Å². The maximum Gasteiger partial charge on any atom is 0.325 e. The number of fused-ring (bicyclic) bond motifs is 1. The fraction of sp³-hybridized carbons (Fsp3) is 0.533. The molecule has 130 valence electrons. The summed E-state index contributed by atoms with van der Waals surface area (Å²) >= 11 is 0. The molecule has 24 heavy (non-hydrogen) atoms. The van der Waals surface area contributed by atoms with Crippen molar-refractivity contribution >= 4 is 24.4 Å². The first-order valence-electron chi connectivity index (χ1n) is 8.06. The van der Waals surface area contributed by atoms with E-state index in [2.05, 4.69) is 19.9 Å². The van der Waals surface area contributed by atoms with E-state index in [0.29, 0.717) is 18.0 Å². The minimum Gasteiger partial charge on any atom is -0.356 e. The van der Waals surface area contributed by atoms with E-state index in [4.69, 9.17) is 9.79 Å². The largest absolute Gasteiger partial charge is 0.356 e. The van der Waals surface area contributed by atoms with Crippen molar-refractivity contribution in [2.45, 2.75) is 25.7 Å². The van der Waals surface area contributed by atoms with Gasteiger partial charge in [0.25, 0.3) is 0 Å². The van der Waals surface area contributed by atoms with Gasteiger partial charge in [-0.15, -0.1) is 0 Å². The molecule has 0 saturated carbocycles. The maximum atomic E-state index is 11.4. The zero-order chi connectivity index (χ0) is 17.2. The van der Waals surface area contributed by atoms with Crippen LogP contribution in [0.2, 0.25) is 0 Å². The van der Waals surface area contributed by atoms with Crippen molar-refractivity contribution in [3.8, 4) is 0 Å². The van der Waals surface area contributed by atoms with Crippen molar-refractivity contribution in [1.29, 1.82) is 0 Å². The van der Waals surface area contributed by atoms with Gasteiger partial charge < -0.3 is 19.7 Å². The lowest BCUT2D eigenvalue weighted by Gasteiger charge is -2.33. The number of nitrogens with one attached hydrogen (secondary N) is 1. The second kappa shape index (κ2) is 7.01. The summed E-state index contributed by atoms with van der Waals surface area (Å²) < 4.78 is 10.9. The van der Waals surface area contributed by atoms with E-state index in [0.717, 1.165) is 43.6 Å². The summed E-state index contributed by atoms with van der Waals surface area (Å²) in [6, 6.07) is 3.22. The average molecular weight is 352 g/mol. The molecule has 3 heterocycles. The fourth-order valence-electron chi connectivity index (χ4n) is 3.23. The number of pyridine rings is 1. The Kier molecular flexibility index (Phi) is 4.99. The number of aromatic nitrogens is 3. The molecule has 0 bridgehead atoms. The van der Waals surface area contributed by atoms with Crippen LogP contribution in [0.15, 0.2) is 23.3 Å². The number of aromatic amines is 1. The maximum absolute atomic E-state index is 11.4. The molecule has 1 fully saturated rings. The molecule has 0 aromatic carbocycles. The van der Waals surface area contributed by atoms with Crippen LogP contribution in [-0.4, -0.2) is 44.0 Å². The molecular weight excluding hydrogens is 331 g/mol. The first-order chi connectivity index (χ1) is 11.4. The molecule has 1 aliphatic heterocycles. The fourth-order valence-corrected chi connectivity index (χ4v) is 3.82. The molecule has 2 aromatic heterocycles. The van der Waals surface area contributed by atoms with Crippen LogP contribution in [0.1, 0.15) is 25.7 Å². The highest BCUT2D eigenvalue weighted by Crippen LogP contribution is 2.37. The molecule has 0 spiro atoms. The second-order valence-corrected chi connectivity index (χ2v) is 8.02. The van der Waals surface area contributed by atoms with Gasteiger partial charge in [0.2, 0.25) is 5.56 Å². The lowest BCUT2D eigenvalue weighted by Crippen LogP contribution is -2.34. The van der Waals surface area contributed by atoms with Crippen LogP contribution in [0, 0.1) is 5.92 Å². The Hall–Kier alpha value is -1.76. The van der Waals surface area contributed by atoms with E-state index >= 15 is 0 Å². The average Bonchev–Trinajstić information content (AvgIpc) is 2.53. The first kappa shape index (κ1) is 17.1. The minimum atomic E-state index is -3.88. The molecule has 0 atom stereocenters. The smallest absolute Gasteiger partial charge is 0.325 e. The Bertz CT molecular complexity index is 810. The molecule has 1 aliphatic rings. The number of piperidine rings is 1. The number of anilines is 1. The Morgan fingerprint density at radius 3 is 2.71 bits per heavy atom. The van der Waals surface area contributed by atoms with Crippen LogP contribution in [0.25, 0.3) is 11.0 Å². The summed E-state index contributed by atoms with van der Waals surface area (Å²) in [5, 5.41) is 0.831. The van der Waals surface area contributed by atoms with Crippen molar-refractivity contribution in [2.24, 2.45) is 5.92 Å². The minimum absolute atomic E-state index is 0.0306. The summed E-state index contributed by atoms with van der Waals surface area (Å²) in [5.74, 6) is 1.31. The van der Waals surface area contributed by atoms with Gasteiger partial charge in [-0.1, -0.05) is 0 Å². The van der Waals surface area contributed by atoms with Crippen LogP contribution in [0.3, 0.4) is 0 Å². The third kappa shape index (κ3) is 4.20. The van der Waals surface area contributed by atoms with Gasteiger partial charge in [-0.2, -0.15) is 0 Å². The van der Waals surface area contributed by atoms with Gasteiger partial charge in [0.05, 0.1) is 5.39 Å². The van der Waals surface area contributed by atoms with Gasteiger partial charge in [-0.3, -0.25) is 9.36 Å². The van der Waals surface area contributed by atoms with E-state index in [1.807, 2.05) is 0 Å². The predicted octanol–water partition coefficient (Wildman–Crippen LogP) is 1.49. The number of rotatable bonds is 5. The van der Waals surface area contributed by atoms with Gasteiger partial charge in [0.1, 0.15) is 17.8 Å². The Morgan fingerprint density at radius 2 is 2.00 bits per heavy atom. The third-order valence-electron chi connectivity index (χ3n) is 4.48. The van der Waals surface area contributed by atoms with Gasteiger partial charge in [-0.05, 0) is 37.7 Å². The summed E-state index contributed by atoms with van der Waals surface area (Å²) in [5.41, 5.74) is 0.354. The molecule has 0 amide bonds. The first-order valence-corrected chi connectivity index (χ1v) is 9.86. The molecule has 0 unspecified atom stereocenters. The molecule has 0 aliphatic carbocycles. The lowest BCUT2D eigenvalue weighted by molar-refractivity contribution is 0.354. The molecule has 3 rings (SSSR count). The highest BCUT2D eigenvalue weighted by atomic mass is 31.2. The molecule has 3 N–H and O–H groups in total. The zero-order valence-corrected chi connectivity index (χ0v) is 14.2. The monoisotopic (exact) mass is 352 g/mol. The van der Waals surface area contributed by atoms with Crippen LogP contribution >= 0.6 is 7.60 Å². The lowest BCUT2D eigenvalue weighted by atomic mass is 9.92. The van der Waals surface area contributed by atoms with Gasteiger partial charge >= 0.3 is 7.60 Å². The molecule has 8 nitrogen and oxygen atoms in total. The predicted molar refractivity (Wildman–Crippen MR) is 91.2 cm³/mol. The molecule has 0 radical (unpaired) electrons. The summed E-state index contributed by atoms with van der Waals surface area (Å²) in [7, 11) is -3.88. The standard InChI is InChI=1S/C15H21N4O4P/c20-13-4-3-12-14(18-13)16-10-17-15(12)19-7-5-11(6-8-19)2-1-9-24(21,22)23/h3-4,10-11H,1-2,5-9H2,(H2,21,22,23)(H,16,17,18,20). The van der Waals surface area contributed by atoms with Crippen molar-refractivity contribution < 1.29 is 14.4 Å². The number of hydrogen-bond donors (Lipinski definition) is 3. The summed E-state index contributed by atoms with van der Waals surface area (Å²) in [6.45, 7) is 1.68. The van der Waals surface area contributed by atoms with E-state index in [9.17, 15) is 9.36 Å². The summed E-state index contributed by atoms with van der Waals surface area (Å²) in [4.78, 5) is 42.6. The molecule has 2 aromatic rings. The Morgan fingerprint density at radius 1 is 1.25 bits per heavy atom. The molecular formula is C15H21N4O4P. The molecule has 9 heteroatoms. The highest BCUT2D eigenvalue weighted by molar-refractivity contribution is 7.51. The highest BCUT2D eigenvalue weighted by Gasteiger charge is 2.22. The van der Waals surface area contributed by atoms with E-state index in [-0.39, 0.29) is 11.7 Å². The van der Waals surface area contributed by atoms with E-state index < -0.39 is 7.60 Å².